The molecule has 0 atom stereocenters. The molecule has 4 nitrogen and oxygen atoms in total. The third-order valence-electron chi connectivity index (χ3n) is 3.30. The van der Waals surface area contributed by atoms with Crippen LogP contribution in [0.2, 0.25) is 0 Å². The molecule has 0 fully saturated rings. The zero-order valence-electron chi connectivity index (χ0n) is 11.2. The molecular formula is C14H17NO3. The Morgan fingerprint density at radius 3 is 2.67 bits per heavy atom. The Morgan fingerprint density at radius 1 is 1.33 bits per heavy atom. The minimum absolute atomic E-state index is 0.397. The summed E-state index contributed by atoms with van der Waals surface area (Å²) >= 11 is 0. The van der Waals surface area contributed by atoms with E-state index in [2.05, 4.69) is 18.1 Å². The molecule has 0 amide bonds. The summed E-state index contributed by atoms with van der Waals surface area (Å²) in [5, 5.41) is 3.92. The third-order valence-corrected chi connectivity index (χ3v) is 3.30. The van der Waals surface area contributed by atoms with Gasteiger partial charge in [-0.25, -0.2) is 4.79 Å². The molecule has 0 spiro atoms. The first-order chi connectivity index (χ1) is 8.54. The lowest BCUT2D eigenvalue weighted by atomic mass is 10.00. The van der Waals surface area contributed by atoms with E-state index in [-0.39, 0.29) is 0 Å². The molecule has 0 bridgehead atoms. The van der Waals surface area contributed by atoms with Crippen LogP contribution in [0.4, 0.5) is 0 Å². The molecule has 0 N–H and O–H groups in total. The van der Waals surface area contributed by atoms with Gasteiger partial charge in [-0.2, -0.15) is 0 Å². The van der Waals surface area contributed by atoms with E-state index in [1.807, 2.05) is 6.92 Å². The predicted molar refractivity (Wildman–Crippen MR) is 69.1 cm³/mol. The average molecular weight is 247 g/mol. The molecule has 0 heterocycles. The normalized spacial score (nSPS) is 15.7. The molecule has 0 radical (unpaired) electrons. The molecular weight excluding hydrogens is 230 g/mol. The van der Waals surface area contributed by atoms with E-state index in [9.17, 15) is 4.79 Å². The number of carbonyl (C=O) groups excluding carboxylic acids is 1. The van der Waals surface area contributed by atoms with Gasteiger partial charge in [0.1, 0.15) is 5.75 Å². The topological polar surface area (TPSA) is 47.9 Å². The molecule has 0 aromatic heterocycles. The molecule has 0 saturated heterocycles. The number of oxime groups is 1. The summed E-state index contributed by atoms with van der Waals surface area (Å²) in [6.07, 6.45) is 1.65. The molecule has 96 valence electrons. The highest BCUT2D eigenvalue weighted by Crippen LogP contribution is 2.35. The zero-order chi connectivity index (χ0) is 13.3. The van der Waals surface area contributed by atoms with Crippen molar-refractivity contribution < 1.29 is 14.4 Å². The molecule has 1 aromatic rings. The van der Waals surface area contributed by atoms with Crippen LogP contribution in [0, 0.1) is 13.8 Å². The summed E-state index contributed by atoms with van der Waals surface area (Å²) in [7, 11) is 1.68. The van der Waals surface area contributed by atoms with Crippen molar-refractivity contribution in [1.82, 2.24) is 0 Å². The molecule has 0 saturated carbocycles. The van der Waals surface area contributed by atoms with Gasteiger partial charge < -0.3 is 9.57 Å². The molecule has 1 aliphatic carbocycles. The summed E-state index contributed by atoms with van der Waals surface area (Å²) in [5.41, 5.74) is 5.33. The second-order valence-electron chi connectivity index (χ2n) is 4.50. The Hall–Kier alpha value is -1.84. The van der Waals surface area contributed by atoms with Crippen molar-refractivity contribution in [3.05, 3.63) is 28.3 Å². The maximum Gasteiger partial charge on any atom is 0.331 e. The number of hydrogen-bond donors (Lipinski definition) is 0. The van der Waals surface area contributed by atoms with Crippen molar-refractivity contribution in [3.63, 3.8) is 0 Å². The van der Waals surface area contributed by atoms with E-state index in [1.165, 1.54) is 6.92 Å². The average Bonchev–Trinajstić information content (AvgIpc) is 2.71. The molecule has 1 aliphatic rings. The van der Waals surface area contributed by atoms with Crippen LogP contribution in [0.3, 0.4) is 0 Å². The van der Waals surface area contributed by atoms with Crippen molar-refractivity contribution in [3.8, 4) is 5.75 Å². The highest BCUT2D eigenvalue weighted by Gasteiger charge is 2.24. The number of carbonyl (C=O) groups is 1. The summed E-state index contributed by atoms with van der Waals surface area (Å²) < 4.78 is 5.48. The number of hydrogen-bond acceptors (Lipinski definition) is 4. The number of nitrogens with zero attached hydrogens (tertiary/aromatic N) is 1. The van der Waals surface area contributed by atoms with E-state index < -0.39 is 5.97 Å². The first-order valence-electron chi connectivity index (χ1n) is 5.96. The van der Waals surface area contributed by atoms with Gasteiger partial charge >= 0.3 is 5.97 Å². The van der Waals surface area contributed by atoms with E-state index in [0.29, 0.717) is 0 Å². The van der Waals surface area contributed by atoms with Gasteiger partial charge in [0.25, 0.3) is 0 Å². The number of methoxy groups -OCH3 is 1. The standard InChI is InChI=1S/C14H17NO3/c1-8-7-12-11(14(17-4)9(8)2)5-6-13(12)15-18-10(3)16/h7H,5-6H2,1-4H3/b15-13+. The van der Waals surface area contributed by atoms with Gasteiger partial charge in [0.2, 0.25) is 0 Å². The van der Waals surface area contributed by atoms with Crippen LogP contribution in [0.15, 0.2) is 11.2 Å². The largest absolute Gasteiger partial charge is 0.496 e. The predicted octanol–water partition coefficient (Wildman–Crippen LogP) is 2.53. The van der Waals surface area contributed by atoms with E-state index in [0.717, 1.165) is 46.6 Å². The summed E-state index contributed by atoms with van der Waals surface area (Å²) in [6, 6.07) is 2.09. The van der Waals surface area contributed by atoms with Gasteiger partial charge in [0, 0.05) is 18.1 Å². The quantitative estimate of drug-likeness (QED) is 0.596. The summed E-state index contributed by atoms with van der Waals surface area (Å²) in [5.74, 6) is 0.532. The SMILES string of the molecule is COc1c(C)c(C)cc2c1CC/C2=N\OC(C)=O. The first-order valence-corrected chi connectivity index (χ1v) is 5.96. The molecule has 4 heteroatoms. The van der Waals surface area contributed by atoms with Crippen molar-refractivity contribution in [2.24, 2.45) is 5.16 Å². The highest BCUT2D eigenvalue weighted by atomic mass is 16.7. The first kappa shape index (κ1) is 12.6. The van der Waals surface area contributed by atoms with Crippen LogP contribution < -0.4 is 4.74 Å². The summed E-state index contributed by atoms with van der Waals surface area (Å²) in [6.45, 7) is 5.44. The molecule has 1 aromatic carbocycles. The number of rotatable bonds is 2. The second-order valence-corrected chi connectivity index (χ2v) is 4.50. The fourth-order valence-electron chi connectivity index (χ4n) is 2.31. The van der Waals surface area contributed by atoms with Crippen molar-refractivity contribution in [1.29, 1.82) is 0 Å². The maximum absolute atomic E-state index is 10.8. The zero-order valence-corrected chi connectivity index (χ0v) is 11.2. The van der Waals surface area contributed by atoms with Gasteiger partial charge in [-0.05, 0) is 43.9 Å². The van der Waals surface area contributed by atoms with Gasteiger partial charge in [-0.1, -0.05) is 5.16 Å². The lowest BCUT2D eigenvalue weighted by molar-refractivity contribution is -0.140. The molecule has 2 rings (SSSR count). The van der Waals surface area contributed by atoms with Crippen LogP contribution in [0.5, 0.6) is 5.75 Å². The Labute approximate surface area is 107 Å². The van der Waals surface area contributed by atoms with Crippen molar-refractivity contribution >= 4 is 11.7 Å². The van der Waals surface area contributed by atoms with Gasteiger partial charge in [0.15, 0.2) is 0 Å². The van der Waals surface area contributed by atoms with Crippen LogP contribution in [0.25, 0.3) is 0 Å². The van der Waals surface area contributed by atoms with Crippen LogP contribution in [-0.2, 0) is 16.1 Å². The Bertz CT molecular complexity index is 532. The van der Waals surface area contributed by atoms with Crippen molar-refractivity contribution in [2.45, 2.75) is 33.6 Å². The molecule has 18 heavy (non-hydrogen) atoms. The van der Waals surface area contributed by atoms with E-state index in [1.54, 1.807) is 7.11 Å². The molecule has 0 aliphatic heterocycles. The summed E-state index contributed by atoms with van der Waals surface area (Å²) in [4.78, 5) is 15.5. The van der Waals surface area contributed by atoms with E-state index >= 15 is 0 Å². The maximum atomic E-state index is 10.8. The Balaban J connectivity index is 2.48. The smallest absolute Gasteiger partial charge is 0.331 e. The second kappa shape index (κ2) is 4.80. The number of ether oxygens (including phenoxy) is 1. The fraction of sp³-hybridized carbons (Fsp3) is 0.429. The third kappa shape index (κ3) is 2.10. The number of aryl methyl sites for hydroxylation is 1. The monoisotopic (exact) mass is 247 g/mol. The van der Waals surface area contributed by atoms with Gasteiger partial charge in [0.05, 0.1) is 12.8 Å². The van der Waals surface area contributed by atoms with Crippen LogP contribution in [-0.4, -0.2) is 18.8 Å². The van der Waals surface area contributed by atoms with Crippen LogP contribution in [0.1, 0.15) is 35.6 Å². The van der Waals surface area contributed by atoms with E-state index in [4.69, 9.17) is 9.57 Å². The van der Waals surface area contributed by atoms with Crippen molar-refractivity contribution in [2.75, 3.05) is 7.11 Å². The lowest BCUT2D eigenvalue weighted by Crippen LogP contribution is -2.02. The fourth-order valence-corrected chi connectivity index (χ4v) is 2.31. The minimum atomic E-state index is -0.397. The van der Waals surface area contributed by atoms with Crippen LogP contribution >= 0.6 is 0 Å². The lowest BCUT2D eigenvalue weighted by Gasteiger charge is -2.13. The Kier molecular flexibility index (Phi) is 3.36. The minimum Gasteiger partial charge on any atom is -0.496 e. The van der Waals surface area contributed by atoms with Gasteiger partial charge in [-0.3, -0.25) is 0 Å². The highest BCUT2D eigenvalue weighted by molar-refractivity contribution is 6.05. The van der Waals surface area contributed by atoms with Gasteiger partial charge in [-0.15, -0.1) is 0 Å². The number of fused-ring (bicyclic) bond motifs is 1. The number of benzene rings is 1. The Morgan fingerprint density at radius 2 is 2.06 bits per heavy atom. The molecule has 0 unspecified atom stereocenters.